The van der Waals surface area contributed by atoms with Gasteiger partial charge in [0.1, 0.15) is 11.4 Å². The lowest BCUT2D eigenvalue weighted by atomic mass is 9.82. The average molecular weight is 419 g/mol. The number of aromatic amines is 2. The van der Waals surface area contributed by atoms with Crippen LogP contribution in [0.2, 0.25) is 0 Å². The molecule has 0 aliphatic heterocycles. The van der Waals surface area contributed by atoms with Crippen molar-refractivity contribution < 1.29 is 4.79 Å². The van der Waals surface area contributed by atoms with Gasteiger partial charge >= 0.3 is 5.69 Å². The molecule has 1 fully saturated rings. The zero-order valence-electron chi connectivity index (χ0n) is 17.1. The van der Waals surface area contributed by atoms with Crippen LogP contribution < -0.4 is 21.9 Å². The lowest BCUT2D eigenvalue weighted by Gasteiger charge is -2.29. The van der Waals surface area contributed by atoms with Gasteiger partial charge in [0.05, 0.1) is 0 Å². The molecule has 2 aromatic heterocycles. The molecule has 0 saturated heterocycles. The lowest BCUT2D eigenvalue weighted by molar-refractivity contribution is 0.0921. The van der Waals surface area contributed by atoms with E-state index in [1.165, 1.54) is 5.56 Å². The lowest BCUT2D eigenvalue weighted by Crippen LogP contribution is -2.40. The van der Waals surface area contributed by atoms with Gasteiger partial charge in [-0.1, -0.05) is 36.4 Å². The second-order valence-electron chi connectivity index (χ2n) is 7.81. The molecular weight excluding hydrogens is 394 g/mol. The summed E-state index contributed by atoms with van der Waals surface area (Å²) in [4.78, 5) is 45.7. The van der Waals surface area contributed by atoms with Crippen molar-refractivity contribution in [1.82, 2.24) is 20.3 Å². The maximum Gasteiger partial charge on any atom is 0.326 e. The number of nitrogens with zero attached hydrogens (tertiary/aromatic N) is 1. The van der Waals surface area contributed by atoms with Crippen LogP contribution in [0, 0.1) is 0 Å². The van der Waals surface area contributed by atoms with Crippen LogP contribution in [0.15, 0.2) is 64.4 Å². The highest BCUT2D eigenvalue weighted by molar-refractivity contribution is 5.97. The van der Waals surface area contributed by atoms with E-state index in [1.807, 2.05) is 24.3 Å². The molecule has 8 heteroatoms. The molecule has 1 aromatic carbocycles. The highest BCUT2D eigenvalue weighted by Gasteiger charge is 2.25. The van der Waals surface area contributed by atoms with Gasteiger partial charge in [-0.15, -0.1) is 0 Å². The highest BCUT2D eigenvalue weighted by atomic mass is 16.2. The number of benzene rings is 1. The number of hydrogen-bond acceptors (Lipinski definition) is 5. The van der Waals surface area contributed by atoms with E-state index in [9.17, 15) is 14.4 Å². The molecule has 1 saturated carbocycles. The van der Waals surface area contributed by atoms with E-state index in [0.29, 0.717) is 12.5 Å². The quantitative estimate of drug-likeness (QED) is 0.489. The van der Waals surface area contributed by atoms with E-state index in [0.717, 1.165) is 31.2 Å². The molecule has 4 N–H and O–H groups in total. The van der Waals surface area contributed by atoms with Crippen LogP contribution in [0.3, 0.4) is 0 Å². The third-order valence-electron chi connectivity index (χ3n) is 5.70. The summed E-state index contributed by atoms with van der Waals surface area (Å²) in [6.07, 6.45) is 6.97. The van der Waals surface area contributed by atoms with E-state index in [-0.39, 0.29) is 17.4 Å². The van der Waals surface area contributed by atoms with Crippen molar-refractivity contribution in [3.05, 3.63) is 92.5 Å². The Bertz CT molecular complexity index is 1130. The van der Waals surface area contributed by atoms with E-state index in [2.05, 4.69) is 37.7 Å². The van der Waals surface area contributed by atoms with Crippen molar-refractivity contribution in [2.75, 3.05) is 5.32 Å². The summed E-state index contributed by atoms with van der Waals surface area (Å²) in [5.74, 6) is 0.0329. The Hall–Kier alpha value is -3.68. The minimum atomic E-state index is -0.713. The summed E-state index contributed by atoms with van der Waals surface area (Å²) in [6, 6.07) is 14.0. The third kappa shape index (κ3) is 5.09. The minimum absolute atomic E-state index is 0.00132. The smallest absolute Gasteiger partial charge is 0.326 e. The highest BCUT2D eigenvalue weighted by Crippen LogP contribution is 2.32. The molecule has 0 atom stereocenters. The summed E-state index contributed by atoms with van der Waals surface area (Å²) < 4.78 is 0. The standard InChI is InChI=1S/C23H25N5O3/c29-21-19(25-14-15-5-4-12-24-13-15)20(27-23(31)28-21)22(30)26-18-10-8-17(9-11-18)16-6-2-1-3-7-16/h1-7,12-13,17-18,25H,8-11,14H2,(H,26,30)(H2,27,28,29,31). The van der Waals surface area contributed by atoms with Crippen LogP contribution in [-0.2, 0) is 6.54 Å². The summed E-state index contributed by atoms with van der Waals surface area (Å²) in [6.45, 7) is 0.297. The first-order chi connectivity index (χ1) is 15.1. The molecule has 2 heterocycles. The number of H-pyrrole nitrogens is 2. The number of hydrogen-bond donors (Lipinski definition) is 4. The second kappa shape index (κ2) is 9.42. The second-order valence-corrected chi connectivity index (χ2v) is 7.81. The topological polar surface area (TPSA) is 120 Å². The van der Waals surface area contributed by atoms with Crippen LogP contribution >= 0.6 is 0 Å². The van der Waals surface area contributed by atoms with Gasteiger partial charge in [-0.3, -0.25) is 19.6 Å². The molecule has 0 spiro atoms. The Kier molecular flexibility index (Phi) is 6.26. The fourth-order valence-corrected chi connectivity index (χ4v) is 4.07. The third-order valence-corrected chi connectivity index (χ3v) is 5.70. The minimum Gasteiger partial charge on any atom is -0.375 e. The number of anilines is 1. The van der Waals surface area contributed by atoms with Crippen LogP contribution in [-0.4, -0.2) is 26.9 Å². The van der Waals surface area contributed by atoms with Gasteiger partial charge < -0.3 is 15.6 Å². The molecule has 0 radical (unpaired) electrons. The SMILES string of the molecule is O=C(NC1CCC(c2ccccc2)CC1)c1[nH]c(=O)[nH]c(=O)c1NCc1cccnc1. The van der Waals surface area contributed by atoms with Crippen LogP contribution in [0.25, 0.3) is 0 Å². The summed E-state index contributed by atoms with van der Waals surface area (Å²) in [5, 5.41) is 5.94. The number of nitrogens with one attached hydrogen (secondary N) is 4. The van der Waals surface area contributed by atoms with E-state index < -0.39 is 17.2 Å². The number of rotatable bonds is 6. The molecular formula is C23H25N5O3. The number of amides is 1. The molecule has 1 aliphatic carbocycles. The zero-order valence-corrected chi connectivity index (χ0v) is 17.1. The fourth-order valence-electron chi connectivity index (χ4n) is 4.07. The normalized spacial score (nSPS) is 18.3. The Morgan fingerprint density at radius 3 is 2.48 bits per heavy atom. The Morgan fingerprint density at radius 1 is 1.00 bits per heavy atom. The number of carbonyl (C=O) groups is 1. The first-order valence-corrected chi connectivity index (χ1v) is 10.5. The molecule has 4 rings (SSSR count). The van der Waals surface area contributed by atoms with Gasteiger partial charge in [0, 0.05) is 25.0 Å². The summed E-state index contributed by atoms with van der Waals surface area (Å²) >= 11 is 0. The van der Waals surface area contributed by atoms with Crippen LogP contribution in [0.4, 0.5) is 5.69 Å². The van der Waals surface area contributed by atoms with Crippen molar-refractivity contribution in [1.29, 1.82) is 0 Å². The molecule has 1 aliphatic rings. The molecule has 8 nitrogen and oxygen atoms in total. The van der Waals surface area contributed by atoms with Gasteiger partial charge in [-0.25, -0.2) is 4.79 Å². The predicted octanol–water partition coefficient (Wildman–Crippen LogP) is 2.53. The molecule has 0 unspecified atom stereocenters. The zero-order chi connectivity index (χ0) is 21.6. The van der Waals surface area contributed by atoms with Crippen molar-refractivity contribution in [3.63, 3.8) is 0 Å². The molecule has 31 heavy (non-hydrogen) atoms. The van der Waals surface area contributed by atoms with Crippen molar-refractivity contribution >= 4 is 11.6 Å². The largest absolute Gasteiger partial charge is 0.375 e. The van der Waals surface area contributed by atoms with Gasteiger partial charge in [-0.2, -0.15) is 0 Å². The molecule has 3 aromatic rings. The maximum absolute atomic E-state index is 12.9. The first-order valence-electron chi connectivity index (χ1n) is 10.5. The van der Waals surface area contributed by atoms with Crippen molar-refractivity contribution in [2.45, 2.75) is 44.2 Å². The fraction of sp³-hybridized carbons (Fsp3) is 0.304. The summed E-state index contributed by atoms with van der Waals surface area (Å²) in [7, 11) is 0. The average Bonchev–Trinajstić information content (AvgIpc) is 2.80. The number of carbonyl (C=O) groups excluding carboxylic acids is 1. The Morgan fingerprint density at radius 2 is 1.77 bits per heavy atom. The molecule has 0 bridgehead atoms. The van der Waals surface area contributed by atoms with Crippen LogP contribution in [0.1, 0.15) is 53.2 Å². The van der Waals surface area contributed by atoms with Gasteiger partial charge in [0.2, 0.25) is 0 Å². The molecule has 160 valence electrons. The summed E-state index contributed by atoms with van der Waals surface area (Å²) in [5.41, 5.74) is 0.814. The Labute approximate surface area is 179 Å². The predicted molar refractivity (Wildman–Crippen MR) is 118 cm³/mol. The van der Waals surface area contributed by atoms with E-state index >= 15 is 0 Å². The van der Waals surface area contributed by atoms with Crippen molar-refractivity contribution in [2.24, 2.45) is 0 Å². The van der Waals surface area contributed by atoms with E-state index in [1.54, 1.807) is 18.5 Å². The monoisotopic (exact) mass is 419 g/mol. The maximum atomic E-state index is 12.9. The number of pyridine rings is 1. The molecule has 1 amide bonds. The first kappa shape index (κ1) is 20.6. The van der Waals surface area contributed by atoms with Gasteiger partial charge in [0.25, 0.3) is 11.5 Å². The van der Waals surface area contributed by atoms with E-state index in [4.69, 9.17) is 0 Å². The Balaban J connectivity index is 1.43. The van der Waals surface area contributed by atoms with Gasteiger partial charge in [0.15, 0.2) is 0 Å². The number of aromatic nitrogens is 3. The van der Waals surface area contributed by atoms with Crippen molar-refractivity contribution in [3.8, 4) is 0 Å². The van der Waals surface area contributed by atoms with Gasteiger partial charge in [-0.05, 0) is 48.8 Å². The van der Waals surface area contributed by atoms with Crippen LogP contribution in [0.5, 0.6) is 0 Å².